The van der Waals surface area contributed by atoms with Gasteiger partial charge in [0.25, 0.3) is 0 Å². The Bertz CT molecular complexity index is 3510. The van der Waals surface area contributed by atoms with Gasteiger partial charge in [-0.1, -0.05) is 171 Å². The van der Waals surface area contributed by atoms with Crippen molar-refractivity contribution in [3.8, 4) is 0 Å². The second kappa shape index (κ2) is 14.2. The number of anilines is 6. The average molecular weight is 861 g/mol. The van der Waals surface area contributed by atoms with Crippen molar-refractivity contribution >= 4 is 137 Å². The summed E-state index contributed by atoms with van der Waals surface area (Å²) in [6.45, 7) is 14.4. The Morgan fingerprint density at radius 1 is 0.312 bits per heavy atom. The summed E-state index contributed by atoms with van der Waals surface area (Å²) in [5.41, 5.74) is 9.95. The van der Waals surface area contributed by atoms with Crippen LogP contribution >= 0.6 is 0 Å². The van der Waals surface area contributed by atoms with Gasteiger partial charge in [-0.15, -0.1) is 0 Å². The molecule has 2 heterocycles. The molecule has 12 aromatic rings. The molecule has 310 valence electrons. The van der Waals surface area contributed by atoms with Crippen LogP contribution in [0.3, 0.4) is 0 Å². The van der Waals surface area contributed by atoms with Gasteiger partial charge in [0.05, 0.1) is 38.9 Å². The number of nitrogens with zero attached hydrogens (tertiary/aromatic N) is 2. The SMILES string of the molecule is C[Si](C)(C)c1ccc(N(c2ccc3ccc4c(N(c5ccc([Si](C)(C)C)cc5)c5cccc6c5oc5ccccc56)ccc5ccc2c3c54)c2cccc3c2oc2ccccc23)cc1. The van der Waals surface area contributed by atoms with E-state index in [4.69, 9.17) is 8.83 Å². The predicted octanol–water partition coefficient (Wildman–Crippen LogP) is 16.4. The summed E-state index contributed by atoms with van der Waals surface area (Å²) in [4.78, 5) is 4.83. The van der Waals surface area contributed by atoms with Gasteiger partial charge in [-0.05, 0) is 82.2 Å². The molecule has 0 atom stereocenters. The first-order valence-electron chi connectivity index (χ1n) is 22.3. The molecule has 0 saturated heterocycles. The van der Waals surface area contributed by atoms with Crippen LogP contribution in [0.2, 0.25) is 39.3 Å². The number of rotatable bonds is 8. The molecule has 0 aliphatic rings. The van der Waals surface area contributed by atoms with E-state index in [2.05, 4.69) is 219 Å². The first-order chi connectivity index (χ1) is 31.0. The second-order valence-corrected chi connectivity index (χ2v) is 29.5. The molecule has 0 bridgehead atoms. The van der Waals surface area contributed by atoms with Crippen LogP contribution in [0.1, 0.15) is 0 Å². The van der Waals surface area contributed by atoms with E-state index in [9.17, 15) is 0 Å². The number of benzene rings is 10. The summed E-state index contributed by atoms with van der Waals surface area (Å²) < 4.78 is 13.5. The molecule has 0 amide bonds. The van der Waals surface area contributed by atoms with Gasteiger partial charge in [0.15, 0.2) is 11.2 Å². The molecule has 6 heteroatoms. The molecule has 0 aliphatic carbocycles. The Hall–Kier alpha value is -7.13. The maximum atomic E-state index is 6.77. The minimum Gasteiger partial charge on any atom is -0.454 e. The molecule has 64 heavy (non-hydrogen) atoms. The molecule has 0 spiro atoms. The average Bonchev–Trinajstić information content (AvgIpc) is 3.89. The summed E-state index contributed by atoms with van der Waals surface area (Å²) in [6.07, 6.45) is 0. The van der Waals surface area contributed by atoms with Gasteiger partial charge in [-0.25, -0.2) is 0 Å². The predicted molar refractivity (Wildman–Crippen MR) is 280 cm³/mol. The van der Waals surface area contributed by atoms with Gasteiger partial charge in [0, 0.05) is 43.7 Å². The molecule has 0 N–H and O–H groups in total. The van der Waals surface area contributed by atoms with Crippen LogP contribution < -0.4 is 20.2 Å². The molecular weight excluding hydrogens is 813 g/mol. The Kier molecular flexibility index (Phi) is 8.55. The van der Waals surface area contributed by atoms with Crippen molar-refractivity contribution in [3.63, 3.8) is 0 Å². The molecule has 2 aromatic heterocycles. The highest BCUT2D eigenvalue weighted by Crippen LogP contribution is 2.50. The lowest BCUT2D eigenvalue weighted by Crippen LogP contribution is -2.37. The Morgan fingerprint density at radius 2 is 0.688 bits per heavy atom. The van der Waals surface area contributed by atoms with Crippen LogP contribution in [0.5, 0.6) is 0 Å². The third kappa shape index (κ3) is 6.00. The molecule has 0 saturated carbocycles. The monoisotopic (exact) mass is 860 g/mol. The third-order valence-corrected chi connectivity index (χ3v) is 17.5. The highest BCUT2D eigenvalue weighted by atomic mass is 28.3. The third-order valence-electron chi connectivity index (χ3n) is 13.3. The summed E-state index contributed by atoms with van der Waals surface area (Å²) in [5, 5.41) is 14.6. The quantitative estimate of drug-likeness (QED) is 0.113. The van der Waals surface area contributed by atoms with Gasteiger partial charge in [-0.2, -0.15) is 0 Å². The zero-order valence-corrected chi connectivity index (χ0v) is 39.0. The second-order valence-electron chi connectivity index (χ2n) is 19.4. The number of fused-ring (bicyclic) bond motifs is 6. The van der Waals surface area contributed by atoms with E-state index in [0.717, 1.165) is 78.0 Å². The lowest BCUT2D eigenvalue weighted by Gasteiger charge is -2.30. The van der Waals surface area contributed by atoms with Crippen LogP contribution in [-0.2, 0) is 0 Å². The Labute approximate surface area is 374 Å². The zero-order valence-electron chi connectivity index (χ0n) is 37.0. The van der Waals surface area contributed by atoms with Crippen LogP contribution in [0.4, 0.5) is 34.1 Å². The summed E-state index contributed by atoms with van der Waals surface area (Å²) in [5.74, 6) is 0. The lowest BCUT2D eigenvalue weighted by molar-refractivity contribution is 0.669. The summed E-state index contributed by atoms with van der Waals surface area (Å²) in [7, 11) is -3.10. The Balaban J connectivity index is 1.12. The fraction of sp³-hybridized carbons (Fsp3) is 0.103. The standard InChI is InChI=1S/C58H48N2O2Si2/c1-63(2,3)41-29-25-39(26-30-41)59(51-17-11-15-45-43-13-7-9-19-53(43)61-57(45)51)49-35-23-37-22-34-48-50(36-24-38-21-33-47(49)55(37)56(38)48)60(40-27-31-42(32-28-40)64(4,5)6)52-18-12-16-46-44-14-8-10-20-54(44)62-58(46)52/h7-36H,1-6H3. The number of hydrogen-bond donors (Lipinski definition) is 0. The summed E-state index contributed by atoms with van der Waals surface area (Å²) >= 11 is 0. The highest BCUT2D eigenvalue weighted by molar-refractivity contribution is 6.89. The van der Waals surface area contributed by atoms with Crippen molar-refractivity contribution in [1.82, 2.24) is 0 Å². The molecule has 0 unspecified atom stereocenters. The fourth-order valence-electron chi connectivity index (χ4n) is 10.0. The van der Waals surface area contributed by atoms with Crippen molar-refractivity contribution in [2.45, 2.75) is 39.3 Å². The topological polar surface area (TPSA) is 32.8 Å². The molecule has 0 fully saturated rings. The van der Waals surface area contributed by atoms with E-state index in [1.807, 2.05) is 12.1 Å². The van der Waals surface area contributed by atoms with E-state index in [1.54, 1.807) is 0 Å². The lowest BCUT2D eigenvalue weighted by atomic mass is 9.91. The van der Waals surface area contributed by atoms with Crippen molar-refractivity contribution in [3.05, 3.63) is 182 Å². The smallest absolute Gasteiger partial charge is 0.159 e. The van der Waals surface area contributed by atoms with E-state index in [-0.39, 0.29) is 0 Å². The van der Waals surface area contributed by atoms with Crippen molar-refractivity contribution in [2.75, 3.05) is 9.80 Å². The normalized spacial score (nSPS) is 12.5. The van der Waals surface area contributed by atoms with Crippen molar-refractivity contribution in [2.24, 2.45) is 0 Å². The van der Waals surface area contributed by atoms with Gasteiger partial charge in [0.2, 0.25) is 0 Å². The summed E-state index contributed by atoms with van der Waals surface area (Å²) in [6, 6.07) is 66.8. The van der Waals surface area contributed by atoms with Crippen LogP contribution in [0.15, 0.2) is 191 Å². The largest absolute Gasteiger partial charge is 0.454 e. The van der Waals surface area contributed by atoms with Gasteiger partial charge in [0.1, 0.15) is 11.2 Å². The Morgan fingerprint density at radius 3 is 1.09 bits per heavy atom. The molecule has 12 rings (SSSR count). The molecule has 0 aliphatic heterocycles. The maximum Gasteiger partial charge on any atom is 0.159 e. The number of hydrogen-bond acceptors (Lipinski definition) is 4. The first kappa shape index (κ1) is 38.5. The van der Waals surface area contributed by atoms with Gasteiger partial charge < -0.3 is 18.6 Å². The van der Waals surface area contributed by atoms with Crippen LogP contribution in [0.25, 0.3) is 76.2 Å². The maximum absolute atomic E-state index is 6.77. The van der Waals surface area contributed by atoms with Gasteiger partial charge >= 0.3 is 0 Å². The number of para-hydroxylation sites is 4. The minimum atomic E-state index is -1.55. The molecule has 4 nitrogen and oxygen atoms in total. The fourth-order valence-corrected chi connectivity index (χ4v) is 12.3. The van der Waals surface area contributed by atoms with E-state index in [0.29, 0.717) is 0 Å². The van der Waals surface area contributed by atoms with Crippen molar-refractivity contribution in [1.29, 1.82) is 0 Å². The molecular formula is C58H48N2O2Si2. The zero-order chi connectivity index (χ0) is 43.5. The van der Waals surface area contributed by atoms with E-state index < -0.39 is 16.1 Å². The number of furan rings is 2. The minimum absolute atomic E-state index is 0.876. The van der Waals surface area contributed by atoms with Crippen molar-refractivity contribution < 1.29 is 8.83 Å². The van der Waals surface area contributed by atoms with Crippen LogP contribution in [-0.4, -0.2) is 16.1 Å². The van der Waals surface area contributed by atoms with E-state index >= 15 is 0 Å². The van der Waals surface area contributed by atoms with E-state index in [1.165, 1.54) is 42.7 Å². The van der Waals surface area contributed by atoms with Gasteiger partial charge in [-0.3, -0.25) is 0 Å². The molecule has 0 radical (unpaired) electrons. The van der Waals surface area contributed by atoms with Crippen LogP contribution in [0, 0.1) is 0 Å². The highest BCUT2D eigenvalue weighted by Gasteiger charge is 2.27. The molecule has 10 aromatic carbocycles. The first-order valence-corrected chi connectivity index (χ1v) is 29.3.